The summed E-state index contributed by atoms with van der Waals surface area (Å²) in [4.78, 5) is 11.2. The minimum Gasteiger partial charge on any atom is -0.294 e. The smallest absolute Gasteiger partial charge is 0.166 e. The average molecular weight is 144 g/mol. The number of rotatable bonds is 0. The number of hydrogen-bond acceptors (Lipinski definition) is 1. The molecule has 2 aliphatic rings. The second-order valence-electron chi connectivity index (χ2n) is 2.65. The van der Waals surface area contributed by atoms with E-state index in [1.165, 1.54) is 0 Å². The van der Waals surface area contributed by atoms with E-state index in [9.17, 15) is 4.79 Å². The first-order chi connectivity index (χ1) is 5.38. The molecule has 0 aromatic carbocycles. The molecule has 54 valence electrons. The molecule has 1 unspecified atom stereocenters. The summed E-state index contributed by atoms with van der Waals surface area (Å²) in [6.45, 7) is 0. The lowest BCUT2D eigenvalue weighted by atomic mass is 9.87. The molecule has 0 aromatic rings. The highest BCUT2D eigenvalue weighted by Crippen LogP contribution is 2.22. The van der Waals surface area contributed by atoms with Gasteiger partial charge in [-0.15, -0.1) is 0 Å². The lowest BCUT2D eigenvalue weighted by molar-refractivity contribution is -0.116. The van der Waals surface area contributed by atoms with Crippen LogP contribution in [0.2, 0.25) is 0 Å². The van der Waals surface area contributed by atoms with Crippen LogP contribution in [-0.2, 0) is 4.79 Å². The van der Waals surface area contributed by atoms with Crippen molar-refractivity contribution >= 4 is 5.78 Å². The van der Waals surface area contributed by atoms with E-state index in [4.69, 9.17) is 0 Å². The molecule has 11 heavy (non-hydrogen) atoms. The number of carbonyl (C=O) groups is 1. The molecule has 2 rings (SSSR count). The van der Waals surface area contributed by atoms with Crippen molar-refractivity contribution in [2.45, 2.75) is 0 Å². The van der Waals surface area contributed by atoms with Crippen molar-refractivity contribution in [1.82, 2.24) is 0 Å². The Hall–Kier alpha value is -1.37. The summed E-state index contributed by atoms with van der Waals surface area (Å²) in [5.41, 5.74) is 1.10. The highest BCUT2D eigenvalue weighted by molar-refractivity contribution is 5.97. The van der Waals surface area contributed by atoms with Crippen LogP contribution in [0, 0.1) is 5.92 Å². The summed E-state index contributed by atoms with van der Waals surface area (Å²) in [5, 5.41) is 0. The summed E-state index contributed by atoms with van der Waals surface area (Å²) in [6, 6.07) is 0. The number of ketones is 1. The zero-order chi connectivity index (χ0) is 7.68. The van der Waals surface area contributed by atoms with Gasteiger partial charge in [0.15, 0.2) is 5.78 Å². The maximum atomic E-state index is 11.2. The number of allylic oxidation sites excluding steroid dienone is 8. The van der Waals surface area contributed by atoms with Gasteiger partial charge in [0.25, 0.3) is 0 Å². The Balaban J connectivity index is 2.43. The van der Waals surface area contributed by atoms with Crippen molar-refractivity contribution in [3.05, 3.63) is 48.1 Å². The monoisotopic (exact) mass is 144 g/mol. The zero-order valence-electron chi connectivity index (χ0n) is 6.03. The van der Waals surface area contributed by atoms with E-state index in [1.807, 2.05) is 30.4 Å². The number of hydrogen-bond donors (Lipinski definition) is 0. The molecular weight excluding hydrogens is 136 g/mol. The van der Waals surface area contributed by atoms with E-state index < -0.39 is 0 Å². The standard InChI is InChI=1S/C10H8O/c11-10-7-3-5-8-4-1-2-6-9(8)10/h1-7,9H. The van der Waals surface area contributed by atoms with Gasteiger partial charge in [0.05, 0.1) is 5.92 Å². The molecule has 1 atom stereocenters. The van der Waals surface area contributed by atoms with Gasteiger partial charge in [0.1, 0.15) is 0 Å². The molecule has 0 aromatic heterocycles. The van der Waals surface area contributed by atoms with Crippen LogP contribution >= 0.6 is 0 Å². The Morgan fingerprint density at radius 3 is 2.82 bits per heavy atom. The second kappa shape index (κ2) is 2.35. The Kier molecular flexibility index (Phi) is 1.35. The maximum Gasteiger partial charge on any atom is 0.166 e. The topological polar surface area (TPSA) is 17.1 Å². The van der Waals surface area contributed by atoms with Crippen LogP contribution in [0.3, 0.4) is 0 Å². The second-order valence-corrected chi connectivity index (χ2v) is 2.65. The summed E-state index contributed by atoms with van der Waals surface area (Å²) in [5.74, 6) is 0.174. The lowest BCUT2D eigenvalue weighted by Gasteiger charge is -2.15. The van der Waals surface area contributed by atoms with Crippen molar-refractivity contribution in [1.29, 1.82) is 0 Å². The van der Waals surface area contributed by atoms with E-state index in [1.54, 1.807) is 12.2 Å². The molecule has 0 spiro atoms. The van der Waals surface area contributed by atoms with Crippen molar-refractivity contribution in [3.8, 4) is 0 Å². The van der Waals surface area contributed by atoms with Crippen LogP contribution in [0.1, 0.15) is 0 Å². The predicted molar refractivity (Wildman–Crippen MR) is 44.0 cm³/mol. The molecular formula is C10H8O. The Bertz CT molecular complexity index is 303. The third-order valence-electron chi connectivity index (χ3n) is 1.92. The van der Waals surface area contributed by atoms with Crippen molar-refractivity contribution in [3.63, 3.8) is 0 Å². The third kappa shape index (κ3) is 0.984. The van der Waals surface area contributed by atoms with Gasteiger partial charge in [-0.2, -0.15) is 0 Å². The molecule has 0 heterocycles. The van der Waals surface area contributed by atoms with E-state index in [-0.39, 0.29) is 11.7 Å². The van der Waals surface area contributed by atoms with Gasteiger partial charge in [0, 0.05) is 0 Å². The first-order valence-corrected chi connectivity index (χ1v) is 3.65. The molecule has 0 N–H and O–H groups in total. The average Bonchev–Trinajstić information content (AvgIpc) is 2.06. The molecule has 0 saturated carbocycles. The minimum atomic E-state index is -0.00926. The third-order valence-corrected chi connectivity index (χ3v) is 1.92. The molecule has 0 radical (unpaired) electrons. The number of carbonyl (C=O) groups excluding carboxylic acids is 1. The SMILES string of the molecule is O=C1C=CC=C2C=CC=CC12. The molecule has 2 aliphatic carbocycles. The summed E-state index contributed by atoms with van der Waals surface area (Å²) in [6.07, 6.45) is 13.2. The highest BCUT2D eigenvalue weighted by atomic mass is 16.1. The molecule has 0 bridgehead atoms. The van der Waals surface area contributed by atoms with Gasteiger partial charge in [-0.05, 0) is 11.6 Å². The molecule has 0 aliphatic heterocycles. The maximum absolute atomic E-state index is 11.2. The summed E-state index contributed by atoms with van der Waals surface area (Å²) >= 11 is 0. The zero-order valence-corrected chi connectivity index (χ0v) is 6.03. The van der Waals surface area contributed by atoms with Crippen LogP contribution < -0.4 is 0 Å². The predicted octanol–water partition coefficient (Wildman–Crippen LogP) is 1.79. The van der Waals surface area contributed by atoms with Crippen molar-refractivity contribution < 1.29 is 4.79 Å². The van der Waals surface area contributed by atoms with Crippen LogP contribution in [0.25, 0.3) is 0 Å². The van der Waals surface area contributed by atoms with Crippen LogP contribution in [0.15, 0.2) is 48.1 Å². The van der Waals surface area contributed by atoms with E-state index >= 15 is 0 Å². The minimum absolute atomic E-state index is 0.00926. The quantitative estimate of drug-likeness (QED) is 0.506. The largest absolute Gasteiger partial charge is 0.294 e. The van der Waals surface area contributed by atoms with Gasteiger partial charge in [-0.1, -0.05) is 36.5 Å². The number of fused-ring (bicyclic) bond motifs is 1. The van der Waals surface area contributed by atoms with Gasteiger partial charge < -0.3 is 0 Å². The van der Waals surface area contributed by atoms with Crippen molar-refractivity contribution in [2.24, 2.45) is 5.92 Å². The first kappa shape index (κ1) is 6.35. The van der Waals surface area contributed by atoms with Crippen LogP contribution in [0.4, 0.5) is 0 Å². The summed E-state index contributed by atoms with van der Waals surface area (Å²) < 4.78 is 0. The highest BCUT2D eigenvalue weighted by Gasteiger charge is 2.19. The van der Waals surface area contributed by atoms with Gasteiger partial charge in [-0.3, -0.25) is 4.79 Å². The fourth-order valence-corrected chi connectivity index (χ4v) is 1.33. The van der Waals surface area contributed by atoms with Crippen molar-refractivity contribution in [2.75, 3.05) is 0 Å². The Labute approximate surface area is 65.4 Å². The van der Waals surface area contributed by atoms with Crippen LogP contribution in [-0.4, -0.2) is 5.78 Å². The molecule has 0 fully saturated rings. The van der Waals surface area contributed by atoms with E-state index in [2.05, 4.69) is 0 Å². The lowest BCUT2D eigenvalue weighted by Crippen LogP contribution is -2.14. The van der Waals surface area contributed by atoms with Gasteiger partial charge >= 0.3 is 0 Å². The normalized spacial score (nSPS) is 26.7. The molecule has 1 heteroatoms. The van der Waals surface area contributed by atoms with E-state index in [0.717, 1.165) is 5.57 Å². The fraction of sp³-hybridized carbons (Fsp3) is 0.100. The Morgan fingerprint density at radius 2 is 2.00 bits per heavy atom. The Morgan fingerprint density at radius 1 is 1.09 bits per heavy atom. The molecule has 0 amide bonds. The van der Waals surface area contributed by atoms with Crippen LogP contribution in [0.5, 0.6) is 0 Å². The first-order valence-electron chi connectivity index (χ1n) is 3.65. The fourth-order valence-electron chi connectivity index (χ4n) is 1.33. The van der Waals surface area contributed by atoms with E-state index in [0.29, 0.717) is 0 Å². The van der Waals surface area contributed by atoms with Gasteiger partial charge in [-0.25, -0.2) is 0 Å². The van der Waals surface area contributed by atoms with Gasteiger partial charge in [0.2, 0.25) is 0 Å². The molecule has 0 saturated heterocycles. The summed E-state index contributed by atoms with van der Waals surface area (Å²) in [7, 11) is 0. The molecule has 1 nitrogen and oxygen atoms in total.